The summed E-state index contributed by atoms with van der Waals surface area (Å²) in [6.07, 6.45) is 0. The van der Waals surface area contributed by atoms with E-state index in [1.54, 1.807) is 32.2 Å². The highest BCUT2D eigenvalue weighted by molar-refractivity contribution is 7.99. The number of aryl methyl sites for hydroxylation is 1. The van der Waals surface area contributed by atoms with Crippen molar-refractivity contribution in [3.05, 3.63) is 59.3 Å². The number of amides is 1. The minimum Gasteiger partial charge on any atom is -0.497 e. The van der Waals surface area contributed by atoms with Gasteiger partial charge in [0.05, 0.1) is 12.1 Å². The summed E-state index contributed by atoms with van der Waals surface area (Å²) in [5.74, 6) is 1.36. The van der Waals surface area contributed by atoms with Gasteiger partial charge < -0.3 is 19.3 Å². The number of carbonyl (C=O) groups is 1. The van der Waals surface area contributed by atoms with Gasteiger partial charge in [-0.2, -0.15) is 0 Å². The summed E-state index contributed by atoms with van der Waals surface area (Å²) in [4.78, 5) is 13.9. The molecule has 0 aliphatic rings. The molecule has 0 saturated carbocycles. The van der Waals surface area contributed by atoms with E-state index in [4.69, 9.17) is 25.6 Å². The SMILES string of the molecule is COc1ccc(Sc2ccc(NC(=O)COc3cc(C)on3)cc2Cl)cc1. The van der Waals surface area contributed by atoms with Crippen molar-refractivity contribution in [1.29, 1.82) is 0 Å². The van der Waals surface area contributed by atoms with E-state index in [1.165, 1.54) is 11.8 Å². The second-order valence-corrected chi connectivity index (χ2v) is 7.06. The van der Waals surface area contributed by atoms with Crippen LogP contribution in [0.1, 0.15) is 5.76 Å². The Morgan fingerprint density at radius 3 is 2.63 bits per heavy atom. The van der Waals surface area contributed by atoms with Gasteiger partial charge in [-0.15, -0.1) is 0 Å². The van der Waals surface area contributed by atoms with Gasteiger partial charge in [0.25, 0.3) is 11.8 Å². The van der Waals surface area contributed by atoms with E-state index >= 15 is 0 Å². The summed E-state index contributed by atoms with van der Waals surface area (Å²) in [5.41, 5.74) is 0.587. The van der Waals surface area contributed by atoms with Crippen LogP contribution in [0.25, 0.3) is 0 Å². The number of hydrogen-bond acceptors (Lipinski definition) is 6. The number of anilines is 1. The highest BCUT2D eigenvalue weighted by Crippen LogP contribution is 2.35. The lowest BCUT2D eigenvalue weighted by Crippen LogP contribution is -2.20. The second-order valence-electron chi connectivity index (χ2n) is 5.54. The molecule has 0 bridgehead atoms. The lowest BCUT2D eigenvalue weighted by atomic mass is 10.3. The van der Waals surface area contributed by atoms with Gasteiger partial charge in [0.15, 0.2) is 6.61 Å². The molecule has 1 amide bonds. The first-order chi connectivity index (χ1) is 13.0. The average Bonchev–Trinajstić information content (AvgIpc) is 3.08. The Morgan fingerprint density at radius 1 is 1.22 bits per heavy atom. The van der Waals surface area contributed by atoms with E-state index in [9.17, 15) is 4.79 Å². The minimum absolute atomic E-state index is 0.175. The molecule has 0 spiro atoms. The molecule has 27 heavy (non-hydrogen) atoms. The van der Waals surface area contributed by atoms with Gasteiger partial charge in [-0.25, -0.2) is 0 Å². The van der Waals surface area contributed by atoms with Gasteiger partial charge in [-0.1, -0.05) is 23.4 Å². The average molecular weight is 405 g/mol. The number of carbonyl (C=O) groups excluding carboxylic acids is 1. The molecule has 0 saturated heterocycles. The first-order valence-electron chi connectivity index (χ1n) is 8.01. The van der Waals surface area contributed by atoms with E-state index in [2.05, 4.69) is 10.5 Å². The van der Waals surface area contributed by atoms with E-state index in [0.717, 1.165) is 15.5 Å². The van der Waals surface area contributed by atoms with Crippen LogP contribution in [0.3, 0.4) is 0 Å². The molecule has 0 radical (unpaired) electrons. The summed E-state index contributed by atoms with van der Waals surface area (Å²) >= 11 is 7.87. The number of nitrogens with zero attached hydrogens (tertiary/aromatic N) is 1. The Morgan fingerprint density at radius 2 is 2.00 bits per heavy atom. The topological polar surface area (TPSA) is 73.6 Å². The van der Waals surface area contributed by atoms with Crippen LogP contribution >= 0.6 is 23.4 Å². The van der Waals surface area contributed by atoms with Crippen LogP contribution < -0.4 is 14.8 Å². The summed E-state index contributed by atoms with van der Waals surface area (Å²) in [7, 11) is 1.63. The van der Waals surface area contributed by atoms with Gasteiger partial charge in [0, 0.05) is 21.5 Å². The van der Waals surface area contributed by atoms with Crippen LogP contribution in [0.15, 0.2) is 62.8 Å². The van der Waals surface area contributed by atoms with Crippen LogP contribution in [0.5, 0.6) is 11.6 Å². The number of halogens is 1. The summed E-state index contributed by atoms with van der Waals surface area (Å²) in [6.45, 7) is 1.57. The second kappa shape index (κ2) is 8.83. The molecule has 2 aromatic carbocycles. The van der Waals surface area contributed by atoms with Gasteiger partial charge in [-0.05, 0) is 54.5 Å². The maximum absolute atomic E-state index is 12.0. The molecule has 6 nitrogen and oxygen atoms in total. The number of benzene rings is 2. The largest absolute Gasteiger partial charge is 0.497 e. The fourth-order valence-electron chi connectivity index (χ4n) is 2.18. The van der Waals surface area contributed by atoms with Gasteiger partial charge >= 0.3 is 0 Å². The Bertz CT molecular complexity index is 928. The lowest BCUT2D eigenvalue weighted by molar-refractivity contribution is -0.118. The van der Waals surface area contributed by atoms with Gasteiger partial charge in [0.2, 0.25) is 0 Å². The number of methoxy groups -OCH3 is 1. The third-order valence-electron chi connectivity index (χ3n) is 3.46. The molecule has 1 aromatic heterocycles. The monoisotopic (exact) mass is 404 g/mol. The molecule has 1 heterocycles. The van der Waals surface area contributed by atoms with Crippen LogP contribution in [0.4, 0.5) is 5.69 Å². The fourth-order valence-corrected chi connectivity index (χ4v) is 3.30. The minimum atomic E-state index is -0.317. The van der Waals surface area contributed by atoms with Crippen molar-refractivity contribution in [1.82, 2.24) is 5.16 Å². The first-order valence-corrected chi connectivity index (χ1v) is 9.20. The zero-order valence-corrected chi connectivity index (χ0v) is 16.3. The highest BCUT2D eigenvalue weighted by Gasteiger charge is 2.09. The van der Waals surface area contributed by atoms with Crippen molar-refractivity contribution >= 4 is 35.0 Å². The molecule has 1 N–H and O–H groups in total. The van der Waals surface area contributed by atoms with E-state index in [1.807, 2.05) is 30.3 Å². The van der Waals surface area contributed by atoms with Crippen molar-refractivity contribution in [3.63, 3.8) is 0 Å². The summed E-state index contributed by atoms with van der Waals surface area (Å²) < 4.78 is 15.3. The quantitative estimate of drug-likeness (QED) is 0.609. The molecule has 0 aliphatic heterocycles. The molecule has 0 fully saturated rings. The maximum Gasteiger partial charge on any atom is 0.262 e. The molecule has 0 atom stereocenters. The molecule has 0 unspecified atom stereocenters. The molecular formula is C19H17ClN2O4S. The third kappa shape index (κ3) is 5.42. The molecule has 3 rings (SSSR count). The summed E-state index contributed by atoms with van der Waals surface area (Å²) in [5, 5.41) is 6.94. The van der Waals surface area contributed by atoms with Crippen LogP contribution in [-0.2, 0) is 4.79 Å². The molecule has 3 aromatic rings. The number of hydrogen-bond donors (Lipinski definition) is 1. The first kappa shape index (κ1) is 19.1. The number of nitrogens with one attached hydrogen (secondary N) is 1. The maximum atomic E-state index is 12.0. The van der Waals surface area contributed by atoms with Crippen molar-refractivity contribution in [2.75, 3.05) is 19.0 Å². The Balaban J connectivity index is 1.57. The van der Waals surface area contributed by atoms with Crippen molar-refractivity contribution < 1.29 is 18.8 Å². The Labute approximate surface area is 165 Å². The zero-order valence-electron chi connectivity index (χ0n) is 14.7. The predicted octanol–water partition coefficient (Wildman–Crippen LogP) is 4.81. The van der Waals surface area contributed by atoms with E-state index in [-0.39, 0.29) is 18.4 Å². The zero-order chi connectivity index (χ0) is 19.2. The normalized spacial score (nSPS) is 10.5. The van der Waals surface area contributed by atoms with Crippen molar-refractivity contribution in [3.8, 4) is 11.6 Å². The standard InChI is InChI=1S/C19H17ClN2O4S/c1-12-9-19(22-26-12)25-11-18(23)21-13-3-8-17(16(20)10-13)27-15-6-4-14(24-2)5-7-15/h3-10H,11H2,1-2H3,(H,21,23). The molecular weight excluding hydrogens is 388 g/mol. The number of ether oxygens (including phenoxy) is 2. The molecule has 0 aliphatic carbocycles. The van der Waals surface area contributed by atoms with E-state index < -0.39 is 0 Å². The van der Waals surface area contributed by atoms with Crippen LogP contribution in [0, 0.1) is 6.92 Å². The number of aromatic nitrogens is 1. The Kier molecular flexibility index (Phi) is 6.26. The van der Waals surface area contributed by atoms with Crippen molar-refractivity contribution in [2.24, 2.45) is 0 Å². The lowest BCUT2D eigenvalue weighted by Gasteiger charge is -2.09. The van der Waals surface area contributed by atoms with E-state index in [0.29, 0.717) is 16.5 Å². The van der Waals surface area contributed by atoms with Crippen LogP contribution in [0.2, 0.25) is 5.02 Å². The molecule has 8 heteroatoms. The van der Waals surface area contributed by atoms with Gasteiger partial charge in [0.1, 0.15) is 11.5 Å². The number of rotatable bonds is 7. The fraction of sp³-hybridized carbons (Fsp3) is 0.158. The predicted molar refractivity (Wildman–Crippen MR) is 104 cm³/mol. The Hall–Kier alpha value is -2.64. The highest BCUT2D eigenvalue weighted by atomic mass is 35.5. The third-order valence-corrected chi connectivity index (χ3v) is 4.97. The van der Waals surface area contributed by atoms with Crippen LogP contribution in [-0.4, -0.2) is 24.8 Å². The smallest absolute Gasteiger partial charge is 0.262 e. The summed E-state index contributed by atoms with van der Waals surface area (Å²) in [6, 6.07) is 14.6. The van der Waals surface area contributed by atoms with Crippen molar-refractivity contribution in [2.45, 2.75) is 16.7 Å². The molecule has 140 valence electrons. The van der Waals surface area contributed by atoms with Gasteiger partial charge in [-0.3, -0.25) is 4.79 Å².